The molecule has 1 aliphatic heterocycles. The minimum atomic E-state index is -0.793. The van der Waals surface area contributed by atoms with E-state index < -0.39 is 5.60 Å². The molecule has 0 bridgehead atoms. The maximum atomic E-state index is 11.0. The Hall–Kier alpha value is -0.900. The summed E-state index contributed by atoms with van der Waals surface area (Å²) in [7, 11) is 0. The predicted octanol–water partition coefficient (Wildman–Crippen LogP) is 1.37. The summed E-state index contributed by atoms with van der Waals surface area (Å²) in [4.78, 5) is 0. The number of aryl methyl sites for hydroxylation is 1. The van der Waals surface area contributed by atoms with Gasteiger partial charge in [0.15, 0.2) is 0 Å². The number of benzene rings is 1. The van der Waals surface area contributed by atoms with Crippen LogP contribution in [0.15, 0.2) is 24.3 Å². The quantitative estimate of drug-likeness (QED) is 0.830. The van der Waals surface area contributed by atoms with Crippen molar-refractivity contribution >= 4 is 0 Å². The summed E-state index contributed by atoms with van der Waals surface area (Å²) >= 11 is 0. The second-order valence-corrected chi connectivity index (χ2v) is 5.63. The minimum Gasteiger partial charge on any atom is -0.386 e. The molecule has 1 saturated heterocycles. The highest BCUT2D eigenvalue weighted by atomic mass is 16.5. The Labute approximate surface area is 108 Å². The van der Waals surface area contributed by atoms with Gasteiger partial charge in [-0.05, 0) is 30.4 Å². The number of nitrogens with two attached hydrogens (primary N) is 1. The molecule has 0 radical (unpaired) electrons. The van der Waals surface area contributed by atoms with E-state index in [1.54, 1.807) is 0 Å². The smallest absolute Gasteiger partial charge is 0.101 e. The van der Waals surface area contributed by atoms with Gasteiger partial charge in [-0.3, -0.25) is 0 Å². The van der Waals surface area contributed by atoms with Gasteiger partial charge >= 0.3 is 0 Å². The van der Waals surface area contributed by atoms with Crippen molar-refractivity contribution in [3.05, 3.63) is 35.4 Å². The first-order chi connectivity index (χ1) is 8.72. The summed E-state index contributed by atoms with van der Waals surface area (Å²) in [6.07, 6.45) is 3.84. The first kappa shape index (κ1) is 12.2. The van der Waals surface area contributed by atoms with E-state index in [0.717, 1.165) is 19.3 Å². The zero-order valence-corrected chi connectivity index (χ0v) is 10.7. The Morgan fingerprint density at radius 1 is 1.28 bits per heavy atom. The lowest BCUT2D eigenvalue weighted by Gasteiger charge is -2.47. The van der Waals surface area contributed by atoms with Gasteiger partial charge < -0.3 is 15.6 Å². The molecule has 2 atom stereocenters. The van der Waals surface area contributed by atoms with E-state index in [-0.39, 0.29) is 5.41 Å². The molecule has 0 spiro atoms. The normalized spacial score (nSPS) is 35.4. The fourth-order valence-electron chi connectivity index (χ4n) is 3.74. The third-order valence-corrected chi connectivity index (χ3v) is 4.82. The molecule has 0 saturated carbocycles. The van der Waals surface area contributed by atoms with Crippen molar-refractivity contribution in [2.75, 3.05) is 19.8 Å². The monoisotopic (exact) mass is 247 g/mol. The SMILES string of the molecule is NCC1(C2(O)CCOC2)CCCc2ccccc21. The summed E-state index contributed by atoms with van der Waals surface area (Å²) in [5.74, 6) is 0. The summed E-state index contributed by atoms with van der Waals surface area (Å²) in [6, 6.07) is 8.42. The number of aliphatic hydroxyl groups is 1. The van der Waals surface area contributed by atoms with Gasteiger partial charge in [0.05, 0.1) is 6.61 Å². The molecule has 1 heterocycles. The fraction of sp³-hybridized carbons (Fsp3) is 0.600. The van der Waals surface area contributed by atoms with Crippen LogP contribution >= 0.6 is 0 Å². The molecule has 3 heteroatoms. The lowest BCUT2D eigenvalue weighted by atomic mass is 9.60. The van der Waals surface area contributed by atoms with Gasteiger partial charge in [-0.15, -0.1) is 0 Å². The molecule has 0 aromatic heterocycles. The van der Waals surface area contributed by atoms with Gasteiger partial charge in [-0.25, -0.2) is 0 Å². The highest BCUT2D eigenvalue weighted by molar-refractivity contribution is 5.40. The van der Waals surface area contributed by atoms with E-state index in [9.17, 15) is 5.11 Å². The van der Waals surface area contributed by atoms with Crippen LogP contribution in [0.25, 0.3) is 0 Å². The Balaban J connectivity index is 2.12. The van der Waals surface area contributed by atoms with Gasteiger partial charge in [-0.2, -0.15) is 0 Å². The number of hydrogen-bond donors (Lipinski definition) is 2. The van der Waals surface area contributed by atoms with E-state index in [2.05, 4.69) is 18.2 Å². The summed E-state index contributed by atoms with van der Waals surface area (Å²) in [5.41, 5.74) is 7.57. The topological polar surface area (TPSA) is 55.5 Å². The Morgan fingerprint density at radius 3 is 2.83 bits per heavy atom. The minimum absolute atomic E-state index is 0.321. The van der Waals surface area contributed by atoms with Crippen molar-refractivity contribution in [2.45, 2.75) is 36.7 Å². The zero-order valence-electron chi connectivity index (χ0n) is 10.7. The maximum absolute atomic E-state index is 11.0. The van der Waals surface area contributed by atoms with Crippen molar-refractivity contribution in [3.63, 3.8) is 0 Å². The molecule has 98 valence electrons. The molecule has 0 amide bonds. The van der Waals surface area contributed by atoms with Gasteiger partial charge in [-0.1, -0.05) is 24.3 Å². The first-order valence-corrected chi connectivity index (χ1v) is 6.80. The van der Waals surface area contributed by atoms with E-state index in [1.807, 2.05) is 6.07 Å². The summed E-state index contributed by atoms with van der Waals surface area (Å²) in [5, 5.41) is 11.0. The molecule has 18 heavy (non-hydrogen) atoms. The zero-order chi connectivity index (χ0) is 12.6. The van der Waals surface area contributed by atoms with Crippen LogP contribution in [0.3, 0.4) is 0 Å². The third-order valence-electron chi connectivity index (χ3n) is 4.82. The molecule has 1 aromatic carbocycles. The van der Waals surface area contributed by atoms with E-state index in [4.69, 9.17) is 10.5 Å². The standard InChI is InChI=1S/C15H21NO2/c16-10-14(15(17)8-9-18-11-15)7-3-5-12-4-1-2-6-13(12)14/h1-2,4,6,17H,3,5,7-11,16H2. The van der Waals surface area contributed by atoms with Crippen LogP contribution in [0.2, 0.25) is 0 Å². The van der Waals surface area contributed by atoms with Crippen molar-refractivity contribution in [1.29, 1.82) is 0 Å². The molecule has 3 nitrogen and oxygen atoms in total. The average molecular weight is 247 g/mol. The van der Waals surface area contributed by atoms with Gasteiger partial charge in [0.2, 0.25) is 0 Å². The Kier molecular flexibility index (Phi) is 2.93. The van der Waals surface area contributed by atoms with Crippen LogP contribution in [-0.2, 0) is 16.6 Å². The summed E-state index contributed by atoms with van der Waals surface area (Å²) < 4.78 is 5.45. The van der Waals surface area contributed by atoms with E-state index in [1.165, 1.54) is 11.1 Å². The van der Waals surface area contributed by atoms with Crippen LogP contribution < -0.4 is 5.73 Å². The average Bonchev–Trinajstić information content (AvgIpc) is 2.86. The van der Waals surface area contributed by atoms with Gasteiger partial charge in [0.25, 0.3) is 0 Å². The third kappa shape index (κ3) is 1.54. The molecule has 1 aliphatic carbocycles. The van der Waals surface area contributed by atoms with Crippen LogP contribution in [0.1, 0.15) is 30.4 Å². The second kappa shape index (κ2) is 4.34. The Morgan fingerprint density at radius 2 is 2.11 bits per heavy atom. The van der Waals surface area contributed by atoms with Crippen LogP contribution in [0.4, 0.5) is 0 Å². The molecule has 3 N–H and O–H groups in total. The van der Waals surface area contributed by atoms with E-state index >= 15 is 0 Å². The molecule has 3 rings (SSSR count). The largest absolute Gasteiger partial charge is 0.386 e. The number of ether oxygens (including phenoxy) is 1. The molecular weight excluding hydrogens is 226 g/mol. The first-order valence-electron chi connectivity index (χ1n) is 6.80. The van der Waals surface area contributed by atoms with Crippen molar-refractivity contribution in [1.82, 2.24) is 0 Å². The number of fused-ring (bicyclic) bond motifs is 1. The molecule has 1 fully saturated rings. The second-order valence-electron chi connectivity index (χ2n) is 5.63. The predicted molar refractivity (Wildman–Crippen MR) is 70.5 cm³/mol. The molecule has 2 unspecified atom stereocenters. The van der Waals surface area contributed by atoms with Crippen molar-refractivity contribution in [2.24, 2.45) is 5.73 Å². The van der Waals surface area contributed by atoms with E-state index in [0.29, 0.717) is 26.2 Å². The van der Waals surface area contributed by atoms with Gasteiger partial charge in [0, 0.05) is 25.0 Å². The highest BCUT2D eigenvalue weighted by Gasteiger charge is 2.53. The summed E-state index contributed by atoms with van der Waals surface area (Å²) in [6.45, 7) is 1.54. The molecular formula is C15H21NO2. The van der Waals surface area contributed by atoms with Crippen LogP contribution in [-0.4, -0.2) is 30.5 Å². The van der Waals surface area contributed by atoms with Crippen molar-refractivity contribution < 1.29 is 9.84 Å². The van der Waals surface area contributed by atoms with Crippen molar-refractivity contribution in [3.8, 4) is 0 Å². The van der Waals surface area contributed by atoms with Gasteiger partial charge in [0.1, 0.15) is 5.60 Å². The maximum Gasteiger partial charge on any atom is 0.101 e. The fourth-order valence-corrected chi connectivity index (χ4v) is 3.74. The Bertz CT molecular complexity index is 440. The number of rotatable bonds is 2. The highest BCUT2D eigenvalue weighted by Crippen LogP contribution is 2.47. The lowest BCUT2D eigenvalue weighted by molar-refractivity contribution is -0.0491. The lowest BCUT2D eigenvalue weighted by Crippen LogP contribution is -2.58. The van der Waals surface area contributed by atoms with Crippen LogP contribution in [0.5, 0.6) is 0 Å². The number of hydrogen-bond acceptors (Lipinski definition) is 3. The molecule has 2 aliphatic rings. The van der Waals surface area contributed by atoms with Crippen LogP contribution in [0, 0.1) is 0 Å². The molecule has 1 aromatic rings.